The number of nitrogens with one attached hydrogen (secondary N) is 2. The average Bonchev–Trinajstić information content (AvgIpc) is 3.28. The van der Waals surface area contributed by atoms with Gasteiger partial charge in [-0.1, -0.05) is 48.5 Å². The highest BCUT2D eigenvalue weighted by Gasteiger charge is 2.42. The van der Waals surface area contributed by atoms with E-state index in [4.69, 9.17) is 4.42 Å². The third-order valence-corrected chi connectivity index (χ3v) is 4.81. The van der Waals surface area contributed by atoms with Crippen molar-refractivity contribution < 1.29 is 22.4 Å². The Morgan fingerprint density at radius 3 is 2.24 bits per heavy atom. The maximum atomic E-state index is 13.5. The maximum absolute atomic E-state index is 13.5. The van der Waals surface area contributed by atoms with Crippen molar-refractivity contribution in [1.82, 2.24) is 9.97 Å². The summed E-state index contributed by atoms with van der Waals surface area (Å²) in [7, 11) is 0. The van der Waals surface area contributed by atoms with E-state index in [9.17, 15) is 18.0 Å². The van der Waals surface area contributed by atoms with Gasteiger partial charge in [0.15, 0.2) is 5.69 Å². The Morgan fingerprint density at radius 2 is 1.64 bits per heavy atom. The van der Waals surface area contributed by atoms with Crippen molar-refractivity contribution in [2.45, 2.75) is 19.1 Å². The number of nitrogens with zero attached hydrogens (tertiary/aromatic N) is 2. The van der Waals surface area contributed by atoms with Crippen molar-refractivity contribution in [2.75, 3.05) is 10.6 Å². The van der Waals surface area contributed by atoms with Crippen molar-refractivity contribution in [3.05, 3.63) is 96.0 Å². The van der Waals surface area contributed by atoms with Crippen LogP contribution in [0.5, 0.6) is 0 Å². The van der Waals surface area contributed by atoms with E-state index in [2.05, 4.69) is 20.6 Å². The van der Waals surface area contributed by atoms with Gasteiger partial charge in [-0.05, 0) is 36.8 Å². The molecule has 0 radical (unpaired) electrons. The van der Waals surface area contributed by atoms with E-state index in [-0.39, 0.29) is 17.6 Å². The number of rotatable bonds is 6. The van der Waals surface area contributed by atoms with Gasteiger partial charge in [0.05, 0.1) is 11.9 Å². The molecule has 0 aliphatic carbocycles. The lowest BCUT2D eigenvalue weighted by Crippen LogP contribution is -2.18. The summed E-state index contributed by atoms with van der Waals surface area (Å²) < 4.78 is 45.3. The number of pyridine rings is 1. The van der Waals surface area contributed by atoms with Crippen molar-refractivity contribution >= 4 is 17.4 Å². The van der Waals surface area contributed by atoms with Gasteiger partial charge in [-0.3, -0.25) is 4.79 Å². The Balaban J connectivity index is 1.50. The van der Waals surface area contributed by atoms with Crippen molar-refractivity contribution in [2.24, 2.45) is 0 Å². The highest BCUT2D eigenvalue weighted by molar-refractivity contribution is 6.04. The minimum atomic E-state index is -4.88. The number of hydrogen-bond acceptors (Lipinski definition) is 5. The summed E-state index contributed by atoms with van der Waals surface area (Å²) >= 11 is 0. The molecular formula is C24H19F3N4O2. The predicted molar refractivity (Wildman–Crippen MR) is 118 cm³/mol. The zero-order valence-corrected chi connectivity index (χ0v) is 17.4. The van der Waals surface area contributed by atoms with Crippen LogP contribution in [-0.4, -0.2) is 15.9 Å². The summed E-state index contributed by atoms with van der Waals surface area (Å²) in [6.45, 7) is 1.97. The summed E-state index contributed by atoms with van der Waals surface area (Å²) in [5.41, 5.74) is 0.764. The van der Waals surface area contributed by atoms with Gasteiger partial charge in [-0.2, -0.15) is 13.2 Å². The van der Waals surface area contributed by atoms with E-state index in [1.54, 1.807) is 36.4 Å². The van der Waals surface area contributed by atoms with Crippen LogP contribution in [0.2, 0.25) is 0 Å². The lowest BCUT2D eigenvalue weighted by atomic mass is 10.1. The molecule has 0 spiro atoms. The molecule has 0 saturated heterocycles. The molecule has 0 bridgehead atoms. The molecule has 0 unspecified atom stereocenters. The van der Waals surface area contributed by atoms with Crippen molar-refractivity contribution in [1.29, 1.82) is 0 Å². The van der Waals surface area contributed by atoms with Crippen LogP contribution in [0.25, 0.3) is 11.5 Å². The molecule has 9 heteroatoms. The average molecular weight is 452 g/mol. The summed E-state index contributed by atoms with van der Waals surface area (Å²) in [6.07, 6.45) is -3.53. The molecule has 168 valence electrons. The van der Waals surface area contributed by atoms with Crippen LogP contribution in [0.3, 0.4) is 0 Å². The van der Waals surface area contributed by atoms with Gasteiger partial charge in [-0.25, -0.2) is 9.97 Å². The van der Waals surface area contributed by atoms with E-state index in [1.165, 1.54) is 12.3 Å². The lowest BCUT2D eigenvalue weighted by Gasteiger charge is -2.15. The number of hydrogen-bond donors (Lipinski definition) is 2. The van der Waals surface area contributed by atoms with E-state index < -0.39 is 23.5 Å². The fraction of sp³-hybridized carbons (Fsp3) is 0.125. The highest BCUT2D eigenvalue weighted by atomic mass is 19.4. The first-order valence-electron chi connectivity index (χ1n) is 10.0. The third kappa shape index (κ3) is 5.20. The quantitative estimate of drug-likeness (QED) is 0.365. The molecule has 0 aliphatic rings. The zero-order chi connectivity index (χ0) is 23.4. The summed E-state index contributed by atoms with van der Waals surface area (Å²) in [5.74, 6) is -2.25. The molecule has 6 nitrogen and oxygen atoms in total. The lowest BCUT2D eigenvalue weighted by molar-refractivity contribution is -0.153. The van der Waals surface area contributed by atoms with Crippen LogP contribution in [0.1, 0.15) is 34.8 Å². The SMILES string of the molecule is C[C@@H](Nc1ccc(NC(=O)c2nc(-c3ccccc3)oc2C(F)(F)F)cn1)c1ccccc1. The molecule has 2 aromatic heterocycles. The fourth-order valence-corrected chi connectivity index (χ4v) is 3.16. The van der Waals surface area contributed by atoms with Gasteiger partial charge in [0.25, 0.3) is 5.91 Å². The monoisotopic (exact) mass is 452 g/mol. The van der Waals surface area contributed by atoms with Gasteiger partial charge in [0, 0.05) is 11.6 Å². The van der Waals surface area contributed by atoms with E-state index in [1.807, 2.05) is 37.3 Å². The Kier molecular flexibility index (Phi) is 6.12. The fourth-order valence-electron chi connectivity index (χ4n) is 3.16. The molecule has 33 heavy (non-hydrogen) atoms. The smallest absolute Gasteiger partial charge is 0.431 e. The summed E-state index contributed by atoms with van der Waals surface area (Å²) in [6, 6.07) is 20.9. The zero-order valence-electron chi connectivity index (χ0n) is 17.4. The maximum Gasteiger partial charge on any atom is 0.452 e. The van der Waals surface area contributed by atoms with Gasteiger partial charge >= 0.3 is 6.18 Å². The van der Waals surface area contributed by atoms with Crippen molar-refractivity contribution in [3.8, 4) is 11.5 Å². The first-order chi connectivity index (χ1) is 15.8. The standard InChI is InChI=1S/C24H19F3N4O2/c1-15(16-8-4-2-5-9-16)29-19-13-12-18(14-28-19)30-22(32)20-21(24(25,26)27)33-23(31-20)17-10-6-3-7-11-17/h2-15H,1H3,(H,28,29)(H,30,32)/t15-/m1/s1. The van der Waals surface area contributed by atoms with Gasteiger partial charge < -0.3 is 15.1 Å². The highest BCUT2D eigenvalue weighted by Crippen LogP contribution is 2.35. The van der Waals surface area contributed by atoms with Crippen LogP contribution in [0, 0.1) is 0 Å². The molecule has 0 aliphatic heterocycles. The summed E-state index contributed by atoms with van der Waals surface area (Å²) in [5, 5.41) is 5.62. The van der Waals surface area contributed by atoms with Crippen LogP contribution >= 0.6 is 0 Å². The Bertz CT molecular complexity index is 1220. The van der Waals surface area contributed by atoms with Gasteiger partial charge in [0.1, 0.15) is 5.82 Å². The summed E-state index contributed by atoms with van der Waals surface area (Å²) in [4.78, 5) is 20.6. The third-order valence-electron chi connectivity index (χ3n) is 4.81. The number of carbonyl (C=O) groups is 1. The van der Waals surface area contributed by atoms with Gasteiger partial charge in [-0.15, -0.1) is 0 Å². The Hall–Kier alpha value is -4.14. The number of amides is 1. The van der Waals surface area contributed by atoms with Crippen LogP contribution in [0.15, 0.2) is 83.4 Å². The Labute approximate surface area is 187 Å². The second-order valence-corrected chi connectivity index (χ2v) is 7.22. The van der Waals surface area contributed by atoms with Crippen LogP contribution in [0.4, 0.5) is 24.7 Å². The van der Waals surface area contributed by atoms with Gasteiger partial charge in [0.2, 0.25) is 11.7 Å². The van der Waals surface area contributed by atoms with E-state index in [0.29, 0.717) is 11.4 Å². The van der Waals surface area contributed by atoms with Crippen molar-refractivity contribution in [3.63, 3.8) is 0 Å². The molecule has 1 amide bonds. The molecule has 2 heterocycles. The minimum absolute atomic E-state index is 0.0139. The van der Waals surface area contributed by atoms with Crippen LogP contribution < -0.4 is 10.6 Å². The number of anilines is 2. The van der Waals surface area contributed by atoms with Crippen LogP contribution in [-0.2, 0) is 6.18 Å². The molecule has 4 rings (SSSR count). The predicted octanol–water partition coefficient (Wildman–Crippen LogP) is 6.18. The first-order valence-corrected chi connectivity index (χ1v) is 10.0. The number of oxazole rings is 1. The molecule has 1 atom stereocenters. The molecule has 0 saturated carbocycles. The molecule has 0 fully saturated rings. The van der Waals surface area contributed by atoms with E-state index in [0.717, 1.165) is 5.56 Å². The topological polar surface area (TPSA) is 80.0 Å². The van der Waals surface area contributed by atoms with E-state index >= 15 is 0 Å². The molecule has 4 aromatic rings. The second kappa shape index (κ2) is 9.15. The first kappa shape index (κ1) is 22.1. The number of aromatic nitrogens is 2. The second-order valence-electron chi connectivity index (χ2n) is 7.22. The number of halogens is 3. The molecule has 2 N–H and O–H groups in total. The number of benzene rings is 2. The largest absolute Gasteiger partial charge is 0.452 e. The molecule has 2 aromatic carbocycles. The number of carbonyl (C=O) groups excluding carboxylic acids is 1. The molecular weight excluding hydrogens is 433 g/mol. The number of alkyl halides is 3. The minimum Gasteiger partial charge on any atom is -0.431 e. The Morgan fingerprint density at radius 1 is 0.970 bits per heavy atom. The normalized spacial score (nSPS) is 12.2.